The van der Waals surface area contributed by atoms with Crippen molar-refractivity contribution in [1.82, 2.24) is 9.80 Å². The molecule has 1 fully saturated rings. The topological polar surface area (TPSA) is 42.0 Å². The van der Waals surface area contributed by atoms with E-state index in [0.29, 0.717) is 19.7 Å². The molecule has 0 radical (unpaired) electrons. The van der Waals surface area contributed by atoms with E-state index in [0.717, 1.165) is 37.1 Å². The minimum absolute atomic E-state index is 0.0753. The first kappa shape index (κ1) is 17.9. The SMILES string of the molecule is COCc1ccc(C(=O)N(CCN(C)C)CC2CCCO2)cc1. The second kappa shape index (κ2) is 9.01. The summed E-state index contributed by atoms with van der Waals surface area (Å²) in [5.41, 5.74) is 1.80. The lowest BCUT2D eigenvalue weighted by Crippen LogP contribution is -2.41. The Morgan fingerprint density at radius 1 is 1.26 bits per heavy atom. The third-order valence-electron chi connectivity index (χ3n) is 4.06. The number of amides is 1. The zero-order valence-electron chi connectivity index (χ0n) is 14.5. The Bertz CT molecular complexity index is 482. The van der Waals surface area contributed by atoms with Crippen LogP contribution in [0.3, 0.4) is 0 Å². The van der Waals surface area contributed by atoms with Gasteiger partial charge in [-0.3, -0.25) is 4.79 Å². The molecule has 1 atom stereocenters. The predicted molar refractivity (Wildman–Crippen MR) is 90.6 cm³/mol. The maximum absolute atomic E-state index is 12.8. The quantitative estimate of drug-likeness (QED) is 0.735. The van der Waals surface area contributed by atoms with Gasteiger partial charge in [0.2, 0.25) is 0 Å². The van der Waals surface area contributed by atoms with Gasteiger partial charge in [-0.25, -0.2) is 0 Å². The van der Waals surface area contributed by atoms with Gasteiger partial charge < -0.3 is 19.3 Å². The molecule has 0 spiro atoms. The number of hydrogen-bond donors (Lipinski definition) is 0. The van der Waals surface area contributed by atoms with E-state index >= 15 is 0 Å². The summed E-state index contributed by atoms with van der Waals surface area (Å²) in [6.07, 6.45) is 2.30. The van der Waals surface area contributed by atoms with Gasteiger partial charge >= 0.3 is 0 Å². The van der Waals surface area contributed by atoms with Crippen LogP contribution in [0.2, 0.25) is 0 Å². The molecule has 1 aromatic rings. The molecule has 0 aliphatic carbocycles. The number of nitrogens with zero attached hydrogens (tertiary/aromatic N) is 2. The van der Waals surface area contributed by atoms with Crippen LogP contribution in [0, 0.1) is 0 Å². The van der Waals surface area contributed by atoms with Crippen molar-refractivity contribution in [3.8, 4) is 0 Å². The highest BCUT2D eigenvalue weighted by Gasteiger charge is 2.23. The molecule has 0 saturated carbocycles. The summed E-state index contributed by atoms with van der Waals surface area (Å²) in [7, 11) is 5.71. The highest BCUT2D eigenvalue weighted by molar-refractivity contribution is 5.94. The average molecular weight is 320 g/mol. The first-order valence-electron chi connectivity index (χ1n) is 8.23. The number of methoxy groups -OCH3 is 1. The minimum Gasteiger partial charge on any atom is -0.380 e. The third kappa shape index (κ3) is 5.61. The maximum atomic E-state index is 12.8. The molecule has 5 nitrogen and oxygen atoms in total. The number of benzene rings is 1. The molecule has 1 amide bonds. The standard InChI is InChI=1S/C18H28N2O3/c1-19(2)10-11-20(13-17-5-4-12-23-17)18(21)16-8-6-15(7-9-16)14-22-3/h6-9,17H,4-5,10-14H2,1-3H3. The van der Waals surface area contributed by atoms with Crippen LogP contribution in [0.4, 0.5) is 0 Å². The van der Waals surface area contributed by atoms with Gasteiger partial charge in [-0.1, -0.05) is 12.1 Å². The second-order valence-electron chi connectivity index (χ2n) is 6.32. The Balaban J connectivity index is 2.03. The van der Waals surface area contributed by atoms with Gasteiger partial charge in [-0.05, 0) is 44.6 Å². The number of carbonyl (C=O) groups is 1. The number of hydrogen-bond acceptors (Lipinski definition) is 4. The molecule has 1 aromatic carbocycles. The van der Waals surface area contributed by atoms with Gasteiger partial charge in [0, 0.05) is 38.9 Å². The fraction of sp³-hybridized carbons (Fsp3) is 0.611. The Morgan fingerprint density at radius 3 is 2.57 bits per heavy atom. The summed E-state index contributed by atoms with van der Waals surface area (Å²) in [5.74, 6) is 0.0753. The fourth-order valence-electron chi connectivity index (χ4n) is 2.72. The van der Waals surface area contributed by atoms with Crippen molar-refractivity contribution in [2.24, 2.45) is 0 Å². The number of ether oxygens (including phenoxy) is 2. The van der Waals surface area contributed by atoms with E-state index < -0.39 is 0 Å². The summed E-state index contributed by atoms with van der Waals surface area (Å²) in [6.45, 7) is 3.61. The molecule has 5 heteroatoms. The van der Waals surface area contributed by atoms with Crippen molar-refractivity contribution in [3.63, 3.8) is 0 Å². The third-order valence-corrected chi connectivity index (χ3v) is 4.06. The summed E-state index contributed by atoms with van der Waals surface area (Å²) in [5, 5.41) is 0. The van der Waals surface area contributed by atoms with Crippen LogP contribution in [-0.2, 0) is 16.1 Å². The monoisotopic (exact) mass is 320 g/mol. The van der Waals surface area contributed by atoms with Crippen LogP contribution >= 0.6 is 0 Å². The molecule has 1 unspecified atom stereocenters. The van der Waals surface area contributed by atoms with Crippen LogP contribution in [0.5, 0.6) is 0 Å². The molecule has 0 aromatic heterocycles. The van der Waals surface area contributed by atoms with Crippen molar-refractivity contribution in [3.05, 3.63) is 35.4 Å². The average Bonchev–Trinajstić information content (AvgIpc) is 3.05. The molecule has 0 bridgehead atoms. The molecule has 128 valence electrons. The van der Waals surface area contributed by atoms with Crippen LogP contribution in [0.1, 0.15) is 28.8 Å². The summed E-state index contributed by atoms with van der Waals surface area (Å²) in [4.78, 5) is 16.8. The summed E-state index contributed by atoms with van der Waals surface area (Å²) in [6, 6.07) is 7.67. The van der Waals surface area contributed by atoms with Gasteiger partial charge in [-0.15, -0.1) is 0 Å². The first-order valence-corrected chi connectivity index (χ1v) is 8.23. The van der Waals surface area contributed by atoms with E-state index in [1.165, 1.54) is 0 Å². The van der Waals surface area contributed by atoms with Crippen molar-refractivity contribution < 1.29 is 14.3 Å². The van der Waals surface area contributed by atoms with Crippen LogP contribution in [-0.4, -0.2) is 69.3 Å². The van der Waals surface area contributed by atoms with Gasteiger partial charge in [0.25, 0.3) is 5.91 Å². The zero-order chi connectivity index (χ0) is 16.7. The fourth-order valence-corrected chi connectivity index (χ4v) is 2.72. The first-order chi connectivity index (χ1) is 11.1. The number of carbonyl (C=O) groups excluding carboxylic acids is 1. The van der Waals surface area contributed by atoms with Crippen molar-refractivity contribution in [2.75, 3.05) is 47.4 Å². The summed E-state index contributed by atoms with van der Waals surface area (Å²) >= 11 is 0. The Hall–Kier alpha value is -1.43. The van der Waals surface area contributed by atoms with E-state index in [1.807, 2.05) is 43.3 Å². The largest absolute Gasteiger partial charge is 0.380 e. The molecule has 2 rings (SSSR count). The molecule has 1 aliphatic heterocycles. The lowest BCUT2D eigenvalue weighted by atomic mass is 10.1. The normalized spacial score (nSPS) is 17.7. The van der Waals surface area contributed by atoms with Gasteiger partial charge in [0.05, 0.1) is 12.7 Å². The van der Waals surface area contributed by atoms with Crippen LogP contribution in [0.25, 0.3) is 0 Å². The Morgan fingerprint density at radius 2 is 2.00 bits per heavy atom. The Kier molecular flexibility index (Phi) is 7.02. The van der Waals surface area contributed by atoms with E-state index in [2.05, 4.69) is 4.90 Å². The van der Waals surface area contributed by atoms with E-state index in [9.17, 15) is 4.79 Å². The highest BCUT2D eigenvalue weighted by atomic mass is 16.5. The second-order valence-corrected chi connectivity index (χ2v) is 6.32. The van der Waals surface area contributed by atoms with Gasteiger partial charge in [0.15, 0.2) is 0 Å². The summed E-state index contributed by atoms with van der Waals surface area (Å²) < 4.78 is 10.8. The molecule has 1 saturated heterocycles. The molecule has 0 N–H and O–H groups in total. The number of likely N-dealkylation sites (N-methyl/N-ethyl adjacent to an activating group) is 1. The van der Waals surface area contributed by atoms with Gasteiger partial charge in [-0.2, -0.15) is 0 Å². The van der Waals surface area contributed by atoms with Crippen molar-refractivity contribution in [2.45, 2.75) is 25.6 Å². The van der Waals surface area contributed by atoms with Crippen molar-refractivity contribution in [1.29, 1.82) is 0 Å². The molecule has 1 aliphatic rings. The van der Waals surface area contributed by atoms with E-state index in [1.54, 1.807) is 7.11 Å². The molecular weight excluding hydrogens is 292 g/mol. The molecule has 23 heavy (non-hydrogen) atoms. The number of rotatable bonds is 8. The minimum atomic E-state index is 0.0753. The van der Waals surface area contributed by atoms with E-state index in [4.69, 9.17) is 9.47 Å². The van der Waals surface area contributed by atoms with Crippen molar-refractivity contribution >= 4 is 5.91 Å². The molecule has 1 heterocycles. The Labute approximate surface area is 139 Å². The van der Waals surface area contributed by atoms with Gasteiger partial charge in [0.1, 0.15) is 0 Å². The van der Waals surface area contributed by atoms with Crippen LogP contribution in [0.15, 0.2) is 24.3 Å². The predicted octanol–water partition coefficient (Wildman–Crippen LogP) is 2.02. The zero-order valence-corrected chi connectivity index (χ0v) is 14.5. The molecular formula is C18H28N2O3. The smallest absolute Gasteiger partial charge is 0.253 e. The van der Waals surface area contributed by atoms with E-state index in [-0.39, 0.29) is 12.0 Å². The lowest BCUT2D eigenvalue weighted by molar-refractivity contribution is 0.0512. The van der Waals surface area contributed by atoms with Crippen LogP contribution < -0.4 is 0 Å². The maximum Gasteiger partial charge on any atom is 0.253 e. The lowest BCUT2D eigenvalue weighted by Gasteiger charge is -2.27. The highest BCUT2D eigenvalue weighted by Crippen LogP contribution is 2.15.